The number of aldehydes is 1. The van der Waals surface area contributed by atoms with Crippen molar-refractivity contribution in [3.05, 3.63) is 40.3 Å². The van der Waals surface area contributed by atoms with Crippen LogP contribution >= 0.6 is 11.3 Å². The molecule has 0 aliphatic rings. The van der Waals surface area contributed by atoms with Gasteiger partial charge in [-0.15, -0.1) is 11.3 Å². The van der Waals surface area contributed by atoms with E-state index < -0.39 is 10.0 Å². The third kappa shape index (κ3) is 2.94. The van der Waals surface area contributed by atoms with Gasteiger partial charge in [-0.2, -0.15) is 4.31 Å². The monoisotopic (exact) mass is 299 g/mol. The maximum atomic E-state index is 12.3. The van der Waals surface area contributed by atoms with Crippen LogP contribution in [-0.4, -0.2) is 25.6 Å². The number of furan rings is 1. The fraction of sp³-hybridized carbons (Fsp3) is 0.250. The molecule has 0 amide bonds. The zero-order valence-electron chi connectivity index (χ0n) is 10.3. The molecule has 0 saturated heterocycles. The van der Waals surface area contributed by atoms with Crippen LogP contribution in [0, 0.1) is 0 Å². The molecular formula is C12H13NO4S2. The van der Waals surface area contributed by atoms with Crippen molar-refractivity contribution in [1.29, 1.82) is 0 Å². The minimum absolute atomic E-state index is 0.00533. The van der Waals surface area contributed by atoms with E-state index >= 15 is 0 Å². The number of sulfonamides is 1. The first-order chi connectivity index (χ1) is 9.07. The van der Waals surface area contributed by atoms with Crippen LogP contribution in [0.5, 0.6) is 0 Å². The summed E-state index contributed by atoms with van der Waals surface area (Å²) in [4.78, 5) is 11.5. The Labute approximate surface area is 115 Å². The highest BCUT2D eigenvalue weighted by atomic mass is 32.2. The number of hydrogen-bond acceptors (Lipinski definition) is 5. The highest BCUT2D eigenvalue weighted by molar-refractivity contribution is 7.89. The van der Waals surface area contributed by atoms with Gasteiger partial charge < -0.3 is 4.42 Å². The molecule has 0 atom stereocenters. The van der Waals surface area contributed by atoms with E-state index in [0.717, 1.165) is 4.88 Å². The highest BCUT2D eigenvalue weighted by Gasteiger charge is 2.26. The molecule has 0 aromatic carbocycles. The van der Waals surface area contributed by atoms with Gasteiger partial charge in [0.1, 0.15) is 0 Å². The Kier molecular flexibility index (Phi) is 4.18. The van der Waals surface area contributed by atoms with Gasteiger partial charge in [0.05, 0.1) is 0 Å². The maximum absolute atomic E-state index is 12.3. The Morgan fingerprint density at radius 1 is 1.37 bits per heavy atom. The van der Waals surface area contributed by atoms with Gasteiger partial charge in [0.2, 0.25) is 5.09 Å². The first-order valence-electron chi connectivity index (χ1n) is 5.65. The van der Waals surface area contributed by atoms with E-state index in [0.29, 0.717) is 19.4 Å². The van der Waals surface area contributed by atoms with E-state index in [1.165, 1.54) is 27.8 Å². The van der Waals surface area contributed by atoms with Gasteiger partial charge in [0.15, 0.2) is 12.0 Å². The van der Waals surface area contributed by atoms with Crippen molar-refractivity contribution in [2.24, 2.45) is 0 Å². The van der Waals surface area contributed by atoms with Crippen molar-refractivity contribution in [3.63, 3.8) is 0 Å². The Hall–Kier alpha value is -1.44. The summed E-state index contributed by atoms with van der Waals surface area (Å²) in [6.45, 7) is 2.39. The average Bonchev–Trinajstić information content (AvgIpc) is 3.06. The number of carbonyl (C=O) groups is 1. The predicted molar refractivity (Wildman–Crippen MR) is 71.7 cm³/mol. The highest BCUT2D eigenvalue weighted by Crippen LogP contribution is 2.21. The lowest BCUT2D eigenvalue weighted by Gasteiger charge is -2.17. The average molecular weight is 299 g/mol. The van der Waals surface area contributed by atoms with Crippen molar-refractivity contribution >= 4 is 27.6 Å². The minimum Gasteiger partial charge on any atom is -0.440 e. The van der Waals surface area contributed by atoms with Gasteiger partial charge in [-0.05, 0) is 23.6 Å². The summed E-state index contributed by atoms with van der Waals surface area (Å²) in [6, 6.07) is 6.40. The van der Waals surface area contributed by atoms with E-state index in [4.69, 9.17) is 4.42 Å². The number of nitrogens with zero attached hydrogens (tertiary/aromatic N) is 1. The summed E-state index contributed by atoms with van der Waals surface area (Å²) in [5.74, 6) is 0.00533. The molecule has 0 unspecified atom stereocenters. The SMILES string of the molecule is CCN(Cc1cccs1)S(=O)(=O)c1ccc(C=O)o1. The lowest BCUT2D eigenvalue weighted by Crippen LogP contribution is -2.29. The van der Waals surface area contributed by atoms with E-state index in [9.17, 15) is 13.2 Å². The van der Waals surface area contributed by atoms with Crippen LogP contribution in [0.1, 0.15) is 22.4 Å². The van der Waals surface area contributed by atoms with Crippen molar-refractivity contribution in [1.82, 2.24) is 4.31 Å². The van der Waals surface area contributed by atoms with E-state index in [1.54, 1.807) is 6.92 Å². The summed E-state index contributed by atoms with van der Waals surface area (Å²) in [7, 11) is -3.70. The molecule has 19 heavy (non-hydrogen) atoms. The molecule has 0 radical (unpaired) electrons. The zero-order chi connectivity index (χ0) is 13.9. The van der Waals surface area contributed by atoms with Crippen molar-refractivity contribution in [2.75, 3.05) is 6.54 Å². The maximum Gasteiger partial charge on any atom is 0.276 e. The van der Waals surface area contributed by atoms with Gasteiger partial charge >= 0.3 is 0 Å². The normalized spacial score (nSPS) is 11.9. The van der Waals surface area contributed by atoms with Crippen molar-refractivity contribution < 1.29 is 17.6 Å². The van der Waals surface area contributed by atoms with Gasteiger partial charge in [-0.25, -0.2) is 8.42 Å². The molecule has 0 aliphatic carbocycles. The van der Waals surface area contributed by atoms with Crippen LogP contribution in [0.25, 0.3) is 0 Å². The molecule has 0 spiro atoms. The molecule has 2 rings (SSSR count). The van der Waals surface area contributed by atoms with Gasteiger partial charge in [0, 0.05) is 18.0 Å². The summed E-state index contributed by atoms with van der Waals surface area (Å²) >= 11 is 1.49. The second-order valence-corrected chi connectivity index (χ2v) is 6.69. The van der Waals surface area contributed by atoms with Gasteiger partial charge in [-0.3, -0.25) is 4.79 Å². The first-order valence-corrected chi connectivity index (χ1v) is 7.97. The minimum atomic E-state index is -3.70. The topological polar surface area (TPSA) is 67.6 Å². The fourth-order valence-corrected chi connectivity index (χ4v) is 3.75. The van der Waals surface area contributed by atoms with Crippen LogP contribution in [0.15, 0.2) is 39.2 Å². The molecule has 7 heteroatoms. The number of rotatable bonds is 6. The quantitative estimate of drug-likeness (QED) is 0.768. The number of carbonyl (C=O) groups excluding carboxylic acids is 1. The Balaban J connectivity index is 2.27. The number of hydrogen-bond donors (Lipinski definition) is 0. The molecule has 2 aromatic rings. The lowest BCUT2D eigenvalue weighted by atomic mass is 10.4. The lowest BCUT2D eigenvalue weighted by molar-refractivity contribution is 0.109. The van der Waals surface area contributed by atoms with Crippen LogP contribution in [0.3, 0.4) is 0 Å². The summed E-state index contributed by atoms with van der Waals surface area (Å²) in [5, 5.41) is 1.70. The Morgan fingerprint density at radius 3 is 2.68 bits per heavy atom. The van der Waals surface area contributed by atoms with E-state index in [2.05, 4.69) is 0 Å². The predicted octanol–water partition coefficient (Wildman–Crippen LogP) is 2.36. The summed E-state index contributed by atoms with van der Waals surface area (Å²) in [5.41, 5.74) is 0. The molecule has 2 aromatic heterocycles. The summed E-state index contributed by atoms with van der Waals surface area (Å²) < 4.78 is 31.0. The third-order valence-corrected chi connectivity index (χ3v) is 5.23. The Morgan fingerprint density at radius 2 is 2.16 bits per heavy atom. The van der Waals surface area contributed by atoms with Crippen LogP contribution in [0.4, 0.5) is 0 Å². The molecule has 0 fully saturated rings. The largest absolute Gasteiger partial charge is 0.440 e. The molecular weight excluding hydrogens is 286 g/mol. The second-order valence-electron chi connectivity index (χ2n) is 3.79. The van der Waals surface area contributed by atoms with Crippen LogP contribution in [0.2, 0.25) is 0 Å². The molecule has 2 heterocycles. The first kappa shape index (κ1) is 14.0. The van der Waals surface area contributed by atoms with E-state index in [1.807, 2.05) is 17.5 Å². The fourth-order valence-electron chi connectivity index (χ4n) is 1.61. The molecule has 0 N–H and O–H groups in total. The molecule has 0 aliphatic heterocycles. The standard InChI is InChI=1S/C12H13NO4S2/c1-2-13(8-11-4-3-7-18-11)19(15,16)12-6-5-10(9-14)17-12/h3-7,9H,2,8H2,1H3. The molecule has 0 bridgehead atoms. The Bertz CT molecular complexity index is 643. The zero-order valence-corrected chi connectivity index (χ0v) is 11.9. The third-order valence-electron chi connectivity index (χ3n) is 2.58. The molecule has 102 valence electrons. The van der Waals surface area contributed by atoms with Crippen LogP contribution < -0.4 is 0 Å². The van der Waals surface area contributed by atoms with Gasteiger partial charge in [0.25, 0.3) is 10.0 Å². The van der Waals surface area contributed by atoms with Crippen molar-refractivity contribution in [3.8, 4) is 0 Å². The van der Waals surface area contributed by atoms with Crippen LogP contribution in [-0.2, 0) is 16.6 Å². The number of thiophene rings is 1. The van der Waals surface area contributed by atoms with Crippen molar-refractivity contribution in [2.45, 2.75) is 18.6 Å². The molecule has 5 nitrogen and oxygen atoms in total. The summed E-state index contributed by atoms with van der Waals surface area (Å²) in [6.07, 6.45) is 0.481. The smallest absolute Gasteiger partial charge is 0.276 e. The van der Waals surface area contributed by atoms with E-state index in [-0.39, 0.29) is 10.9 Å². The van der Waals surface area contributed by atoms with Gasteiger partial charge in [-0.1, -0.05) is 13.0 Å². The second kappa shape index (κ2) is 5.68. The molecule has 0 saturated carbocycles.